The lowest BCUT2D eigenvalue weighted by molar-refractivity contribution is -0.142. The maximum absolute atomic E-state index is 13.7. The SMILES string of the molecule is N#CC1CCN(C(=O)C2(c3cccc(F)c3)CCOCC2)CC1. The standard InChI is InChI=1S/C18H21FN2O2/c19-16-3-1-2-15(12-16)18(6-10-23-11-7-18)17(22)21-8-4-14(13-20)5-9-21/h1-3,12,14H,4-11H2. The Labute approximate surface area is 135 Å². The summed E-state index contributed by atoms with van der Waals surface area (Å²) in [5.41, 5.74) is 0.0491. The number of rotatable bonds is 2. The molecule has 2 aliphatic heterocycles. The van der Waals surface area contributed by atoms with Crippen LogP contribution in [0.4, 0.5) is 4.39 Å². The van der Waals surface area contributed by atoms with Gasteiger partial charge in [-0.05, 0) is 43.4 Å². The van der Waals surface area contributed by atoms with Gasteiger partial charge in [0.2, 0.25) is 5.91 Å². The average Bonchev–Trinajstić information content (AvgIpc) is 2.62. The van der Waals surface area contributed by atoms with Crippen molar-refractivity contribution in [2.24, 2.45) is 5.92 Å². The Hall–Kier alpha value is -1.93. The monoisotopic (exact) mass is 316 g/mol. The molecule has 2 fully saturated rings. The van der Waals surface area contributed by atoms with Crippen molar-refractivity contribution in [2.75, 3.05) is 26.3 Å². The Balaban J connectivity index is 1.87. The van der Waals surface area contributed by atoms with E-state index in [9.17, 15) is 9.18 Å². The molecular formula is C18H21FN2O2. The van der Waals surface area contributed by atoms with Crippen LogP contribution in [0.2, 0.25) is 0 Å². The molecule has 1 aromatic rings. The minimum atomic E-state index is -0.695. The molecule has 4 nitrogen and oxygen atoms in total. The molecule has 23 heavy (non-hydrogen) atoms. The molecule has 0 bridgehead atoms. The van der Waals surface area contributed by atoms with E-state index >= 15 is 0 Å². The second-order valence-corrected chi connectivity index (χ2v) is 6.40. The fourth-order valence-electron chi connectivity index (χ4n) is 3.65. The van der Waals surface area contributed by atoms with Crippen LogP contribution < -0.4 is 0 Å². The van der Waals surface area contributed by atoms with Crippen LogP contribution in [0, 0.1) is 23.1 Å². The largest absolute Gasteiger partial charge is 0.381 e. The van der Waals surface area contributed by atoms with Gasteiger partial charge in [0.1, 0.15) is 5.82 Å². The molecule has 5 heteroatoms. The zero-order valence-electron chi connectivity index (χ0n) is 13.1. The molecule has 1 amide bonds. The second kappa shape index (κ2) is 6.67. The van der Waals surface area contributed by atoms with E-state index in [-0.39, 0.29) is 17.6 Å². The van der Waals surface area contributed by atoms with Crippen molar-refractivity contribution in [3.05, 3.63) is 35.6 Å². The highest BCUT2D eigenvalue weighted by Gasteiger charge is 2.44. The number of carbonyl (C=O) groups is 1. The first-order valence-corrected chi connectivity index (χ1v) is 8.18. The Kier molecular flexibility index (Phi) is 4.63. The van der Waals surface area contributed by atoms with Crippen molar-refractivity contribution in [2.45, 2.75) is 31.1 Å². The van der Waals surface area contributed by atoms with Gasteiger partial charge in [0.15, 0.2) is 0 Å². The summed E-state index contributed by atoms with van der Waals surface area (Å²) in [6.07, 6.45) is 2.59. The summed E-state index contributed by atoms with van der Waals surface area (Å²) in [4.78, 5) is 15.1. The fourth-order valence-corrected chi connectivity index (χ4v) is 3.65. The molecule has 0 aliphatic carbocycles. The number of amides is 1. The number of nitrogens with zero attached hydrogens (tertiary/aromatic N) is 2. The number of hydrogen-bond acceptors (Lipinski definition) is 3. The van der Waals surface area contributed by atoms with Gasteiger partial charge in [-0.3, -0.25) is 4.79 Å². The van der Waals surface area contributed by atoms with Crippen LogP contribution in [0.25, 0.3) is 0 Å². The van der Waals surface area contributed by atoms with Gasteiger partial charge in [0.05, 0.1) is 11.5 Å². The van der Waals surface area contributed by atoms with Crippen molar-refractivity contribution >= 4 is 5.91 Å². The van der Waals surface area contributed by atoms with Gasteiger partial charge in [0.25, 0.3) is 0 Å². The normalized spacial score (nSPS) is 21.7. The summed E-state index contributed by atoms with van der Waals surface area (Å²) in [6.45, 7) is 2.23. The number of likely N-dealkylation sites (tertiary alicyclic amines) is 1. The molecule has 0 aromatic heterocycles. The third kappa shape index (κ3) is 3.09. The van der Waals surface area contributed by atoms with Crippen molar-refractivity contribution in [1.82, 2.24) is 4.90 Å². The molecule has 122 valence electrons. The minimum Gasteiger partial charge on any atom is -0.381 e. The quantitative estimate of drug-likeness (QED) is 0.843. The molecule has 0 atom stereocenters. The van der Waals surface area contributed by atoms with Gasteiger partial charge < -0.3 is 9.64 Å². The molecule has 2 saturated heterocycles. The van der Waals surface area contributed by atoms with Crippen molar-refractivity contribution in [3.8, 4) is 6.07 Å². The highest BCUT2D eigenvalue weighted by molar-refractivity contribution is 5.88. The predicted molar refractivity (Wildman–Crippen MR) is 83.0 cm³/mol. The molecule has 0 spiro atoms. The predicted octanol–water partition coefficient (Wildman–Crippen LogP) is 2.64. The van der Waals surface area contributed by atoms with E-state index in [0.29, 0.717) is 39.1 Å². The van der Waals surface area contributed by atoms with E-state index in [0.717, 1.165) is 18.4 Å². The van der Waals surface area contributed by atoms with Crippen molar-refractivity contribution in [1.29, 1.82) is 5.26 Å². The van der Waals surface area contributed by atoms with Crippen LogP contribution in [0.15, 0.2) is 24.3 Å². The lowest BCUT2D eigenvalue weighted by Crippen LogP contribution is -2.52. The summed E-state index contributed by atoms with van der Waals surface area (Å²) in [5, 5.41) is 9.01. The lowest BCUT2D eigenvalue weighted by Gasteiger charge is -2.41. The van der Waals surface area contributed by atoms with Gasteiger partial charge in [0, 0.05) is 32.2 Å². The maximum atomic E-state index is 13.7. The van der Waals surface area contributed by atoms with Gasteiger partial charge >= 0.3 is 0 Å². The van der Waals surface area contributed by atoms with Gasteiger partial charge in [-0.15, -0.1) is 0 Å². The topological polar surface area (TPSA) is 53.3 Å². The summed E-state index contributed by atoms with van der Waals surface area (Å²) >= 11 is 0. The fraction of sp³-hybridized carbons (Fsp3) is 0.556. The van der Waals surface area contributed by atoms with Crippen LogP contribution >= 0.6 is 0 Å². The Morgan fingerprint density at radius 3 is 2.61 bits per heavy atom. The first-order valence-electron chi connectivity index (χ1n) is 8.18. The van der Waals surface area contributed by atoms with Crippen LogP contribution in [0.3, 0.4) is 0 Å². The number of nitriles is 1. The molecule has 0 unspecified atom stereocenters. The molecule has 2 aliphatic rings. The summed E-state index contributed by atoms with van der Waals surface area (Å²) in [5.74, 6) is -0.217. The number of ether oxygens (including phenoxy) is 1. The molecule has 0 N–H and O–H groups in total. The van der Waals surface area contributed by atoms with Crippen molar-refractivity contribution in [3.63, 3.8) is 0 Å². The van der Waals surface area contributed by atoms with E-state index in [2.05, 4.69) is 6.07 Å². The third-order valence-electron chi connectivity index (χ3n) is 5.10. The molecule has 2 heterocycles. The summed E-state index contributed by atoms with van der Waals surface area (Å²) < 4.78 is 19.1. The number of hydrogen-bond donors (Lipinski definition) is 0. The smallest absolute Gasteiger partial charge is 0.233 e. The molecule has 0 saturated carbocycles. The van der Waals surface area contributed by atoms with Crippen molar-refractivity contribution < 1.29 is 13.9 Å². The van der Waals surface area contributed by atoms with Crippen LogP contribution in [0.5, 0.6) is 0 Å². The Bertz CT molecular complexity index is 612. The van der Waals surface area contributed by atoms with Gasteiger partial charge in [-0.25, -0.2) is 4.39 Å². The highest BCUT2D eigenvalue weighted by atomic mass is 19.1. The maximum Gasteiger partial charge on any atom is 0.233 e. The van der Waals surface area contributed by atoms with E-state index in [1.54, 1.807) is 6.07 Å². The molecule has 0 radical (unpaired) electrons. The zero-order valence-corrected chi connectivity index (χ0v) is 13.1. The Morgan fingerprint density at radius 1 is 1.30 bits per heavy atom. The second-order valence-electron chi connectivity index (χ2n) is 6.40. The zero-order chi connectivity index (χ0) is 16.3. The number of benzene rings is 1. The number of piperidine rings is 1. The van der Waals surface area contributed by atoms with Crippen LogP contribution in [0.1, 0.15) is 31.2 Å². The van der Waals surface area contributed by atoms with Crippen LogP contribution in [-0.4, -0.2) is 37.1 Å². The summed E-state index contributed by atoms with van der Waals surface area (Å²) in [6, 6.07) is 8.67. The van der Waals surface area contributed by atoms with Crippen LogP contribution in [-0.2, 0) is 14.9 Å². The molecular weight excluding hydrogens is 295 g/mol. The minimum absolute atomic E-state index is 0.0406. The summed E-state index contributed by atoms with van der Waals surface area (Å²) in [7, 11) is 0. The Morgan fingerprint density at radius 2 is 2.00 bits per heavy atom. The first kappa shape index (κ1) is 15.9. The third-order valence-corrected chi connectivity index (χ3v) is 5.10. The lowest BCUT2D eigenvalue weighted by atomic mass is 9.72. The van der Waals surface area contributed by atoms with E-state index < -0.39 is 5.41 Å². The highest BCUT2D eigenvalue weighted by Crippen LogP contribution is 2.38. The average molecular weight is 316 g/mol. The first-order chi connectivity index (χ1) is 11.2. The molecule has 1 aromatic carbocycles. The number of carbonyl (C=O) groups excluding carboxylic acids is 1. The van der Waals surface area contributed by atoms with Gasteiger partial charge in [-0.1, -0.05) is 12.1 Å². The van der Waals surface area contributed by atoms with E-state index in [1.165, 1.54) is 12.1 Å². The molecule has 3 rings (SSSR count). The van der Waals surface area contributed by atoms with E-state index in [4.69, 9.17) is 10.00 Å². The van der Waals surface area contributed by atoms with Gasteiger partial charge in [-0.2, -0.15) is 5.26 Å². The number of halogens is 1. The van der Waals surface area contributed by atoms with E-state index in [1.807, 2.05) is 11.0 Å².